The first-order valence-corrected chi connectivity index (χ1v) is 9.87. The zero-order valence-corrected chi connectivity index (χ0v) is 16.2. The molecule has 7 nitrogen and oxygen atoms in total. The fourth-order valence-electron chi connectivity index (χ4n) is 3.97. The molecule has 0 spiro atoms. The van der Waals surface area contributed by atoms with E-state index in [1.54, 1.807) is 24.3 Å². The third-order valence-corrected chi connectivity index (χ3v) is 5.44. The summed E-state index contributed by atoms with van der Waals surface area (Å²) in [6.45, 7) is 6.31. The Morgan fingerprint density at radius 3 is 2.75 bits per heavy atom. The number of ether oxygens (including phenoxy) is 1. The van der Waals surface area contributed by atoms with Gasteiger partial charge in [0.2, 0.25) is 0 Å². The number of aromatic nitrogens is 2. The van der Waals surface area contributed by atoms with E-state index in [0.29, 0.717) is 31.9 Å². The van der Waals surface area contributed by atoms with Crippen molar-refractivity contribution < 1.29 is 14.6 Å². The van der Waals surface area contributed by atoms with E-state index in [0.717, 1.165) is 43.3 Å². The highest BCUT2D eigenvalue weighted by Crippen LogP contribution is 2.29. The van der Waals surface area contributed by atoms with E-state index in [1.807, 2.05) is 11.8 Å². The lowest BCUT2D eigenvalue weighted by atomic mass is 9.93. The monoisotopic (exact) mass is 382 g/mol. The van der Waals surface area contributed by atoms with Gasteiger partial charge in [0.15, 0.2) is 0 Å². The molecule has 2 fully saturated rings. The normalized spacial score (nSPS) is 20.2. The Balaban J connectivity index is 1.54. The Morgan fingerprint density at radius 1 is 1.18 bits per heavy atom. The molecule has 2 aromatic rings. The van der Waals surface area contributed by atoms with E-state index >= 15 is 0 Å². The zero-order valence-electron chi connectivity index (χ0n) is 16.2. The van der Waals surface area contributed by atoms with Crippen molar-refractivity contribution in [3.05, 3.63) is 47.4 Å². The summed E-state index contributed by atoms with van der Waals surface area (Å²) in [5, 5.41) is 10.0. The molecular formula is C21H26N4O3. The largest absolute Gasteiger partial charge is 0.507 e. The number of piperidine rings is 1. The molecule has 4 rings (SSSR count). The highest BCUT2D eigenvalue weighted by atomic mass is 16.5. The lowest BCUT2D eigenvalue weighted by molar-refractivity contribution is 0.0702. The Kier molecular flexibility index (Phi) is 5.43. The van der Waals surface area contributed by atoms with E-state index in [1.165, 1.54) is 0 Å². The number of carbonyl (C=O) groups excluding carboxylic acids is 1. The van der Waals surface area contributed by atoms with Crippen molar-refractivity contribution in [2.75, 3.05) is 44.3 Å². The molecule has 1 N–H and O–H groups in total. The smallest absolute Gasteiger partial charge is 0.257 e. The van der Waals surface area contributed by atoms with Gasteiger partial charge in [-0.15, -0.1) is 0 Å². The summed E-state index contributed by atoms with van der Waals surface area (Å²) < 4.78 is 5.44. The first-order valence-electron chi connectivity index (χ1n) is 9.87. The Morgan fingerprint density at radius 2 is 1.96 bits per heavy atom. The van der Waals surface area contributed by atoms with Crippen LogP contribution in [0.2, 0.25) is 0 Å². The van der Waals surface area contributed by atoms with Crippen LogP contribution in [0.1, 0.15) is 40.6 Å². The third kappa shape index (κ3) is 3.94. The lowest BCUT2D eigenvalue weighted by Gasteiger charge is -2.33. The van der Waals surface area contributed by atoms with Crippen molar-refractivity contribution in [3.8, 4) is 5.75 Å². The highest BCUT2D eigenvalue weighted by Gasteiger charge is 2.28. The Hall–Kier alpha value is -2.67. The number of likely N-dealkylation sites (tertiary alicyclic amines) is 1. The van der Waals surface area contributed by atoms with Crippen LogP contribution < -0.4 is 4.90 Å². The summed E-state index contributed by atoms with van der Waals surface area (Å²) in [7, 11) is 0. The van der Waals surface area contributed by atoms with Crippen LogP contribution in [0.25, 0.3) is 0 Å². The van der Waals surface area contributed by atoms with Crippen LogP contribution in [-0.2, 0) is 4.74 Å². The number of phenolic OH excluding ortho intramolecular Hbond substituents is 1. The summed E-state index contributed by atoms with van der Waals surface area (Å²) in [4.78, 5) is 26.2. The number of aryl methyl sites for hydroxylation is 1. The van der Waals surface area contributed by atoms with Gasteiger partial charge in [0.25, 0.3) is 5.91 Å². The third-order valence-electron chi connectivity index (χ3n) is 5.44. The van der Waals surface area contributed by atoms with Gasteiger partial charge < -0.3 is 19.6 Å². The molecule has 2 aliphatic rings. The predicted molar refractivity (Wildman–Crippen MR) is 106 cm³/mol. The van der Waals surface area contributed by atoms with Crippen LogP contribution in [0.3, 0.4) is 0 Å². The molecule has 2 aliphatic heterocycles. The van der Waals surface area contributed by atoms with Crippen molar-refractivity contribution in [1.82, 2.24) is 14.9 Å². The number of hydrogen-bond acceptors (Lipinski definition) is 6. The van der Waals surface area contributed by atoms with Crippen LogP contribution in [0, 0.1) is 6.92 Å². The molecule has 1 amide bonds. The maximum Gasteiger partial charge on any atom is 0.257 e. The van der Waals surface area contributed by atoms with Gasteiger partial charge in [0.1, 0.15) is 17.4 Å². The van der Waals surface area contributed by atoms with Crippen molar-refractivity contribution >= 4 is 11.7 Å². The van der Waals surface area contributed by atoms with Gasteiger partial charge in [-0.1, -0.05) is 12.1 Å². The lowest BCUT2D eigenvalue weighted by Crippen LogP contribution is -2.40. The van der Waals surface area contributed by atoms with Crippen LogP contribution in [0.15, 0.2) is 30.3 Å². The van der Waals surface area contributed by atoms with Gasteiger partial charge in [-0.25, -0.2) is 9.97 Å². The number of aromatic hydroxyl groups is 1. The molecule has 1 unspecified atom stereocenters. The molecule has 7 heteroatoms. The topological polar surface area (TPSA) is 78.8 Å². The number of anilines is 1. The molecule has 3 heterocycles. The summed E-state index contributed by atoms with van der Waals surface area (Å²) in [6, 6.07) is 8.79. The van der Waals surface area contributed by atoms with Gasteiger partial charge in [0.05, 0.1) is 24.5 Å². The Labute approximate surface area is 165 Å². The molecule has 1 aromatic heterocycles. The zero-order chi connectivity index (χ0) is 19.5. The standard InChI is InChI=1S/C21H26N4O3/c1-15-22-18(13-20(23-15)24-9-11-28-12-10-24)16-5-4-8-25(14-16)21(27)17-6-2-3-7-19(17)26/h2-3,6-7,13,16,26H,4-5,8-12,14H2,1H3. The van der Waals surface area contributed by atoms with Gasteiger partial charge in [-0.05, 0) is 31.9 Å². The minimum absolute atomic E-state index is 0.0297. The highest BCUT2D eigenvalue weighted by molar-refractivity contribution is 5.96. The van der Waals surface area contributed by atoms with E-state index in [2.05, 4.69) is 20.9 Å². The van der Waals surface area contributed by atoms with E-state index in [4.69, 9.17) is 4.74 Å². The van der Waals surface area contributed by atoms with Gasteiger partial charge in [-0.3, -0.25) is 4.79 Å². The molecule has 28 heavy (non-hydrogen) atoms. The quantitative estimate of drug-likeness (QED) is 0.878. The number of hydrogen-bond donors (Lipinski definition) is 1. The molecule has 0 bridgehead atoms. The number of para-hydroxylation sites is 1. The van der Waals surface area contributed by atoms with Gasteiger partial charge >= 0.3 is 0 Å². The van der Waals surface area contributed by atoms with Gasteiger partial charge in [0, 0.05) is 38.2 Å². The fourth-order valence-corrected chi connectivity index (χ4v) is 3.97. The summed E-state index contributed by atoms with van der Waals surface area (Å²) >= 11 is 0. The summed E-state index contributed by atoms with van der Waals surface area (Å²) in [6.07, 6.45) is 1.91. The number of morpholine rings is 1. The second-order valence-electron chi connectivity index (χ2n) is 7.41. The van der Waals surface area contributed by atoms with Crippen LogP contribution in [-0.4, -0.2) is 65.3 Å². The van der Waals surface area contributed by atoms with Crippen molar-refractivity contribution in [3.63, 3.8) is 0 Å². The van der Waals surface area contributed by atoms with Crippen LogP contribution >= 0.6 is 0 Å². The SMILES string of the molecule is Cc1nc(C2CCCN(C(=O)c3ccccc3O)C2)cc(N2CCOCC2)n1. The molecule has 0 aliphatic carbocycles. The van der Waals surface area contributed by atoms with E-state index < -0.39 is 0 Å². The van der Waals surface area contributed by atoms with E-state index in [-0.39, 0.29) is 17.6 Å². The number of nitrogens with zero attached hydrogens (tertiary/aromatic N) is 4. The molecule has 0 saturated carbocycles. The minimum Gasteiger partial charge on any atom is -0.507 e. The maximum atomic E-state index is 12.9. The van der Waals surface area contributed by atoms with Crippen LogP contribution in [0.4, 0.5) is 5.82 Å². The number of rotatable bonds is 3. The molecule has 0 radical (unpaired) electrons. The summed E-state index contributed by atoms with van der Waals surface area (Å²) in [5.74, 6) is 1.77. The number of carbonyl (C=O) groups is 1. The molecule has 1 aromatic carbocycles. The second-order valence-corrected chi connectivity index (χ2v) is 7.41. The fraction of sp³-hybridized carbons (Fsp3) is 0.476. The van der Waals surface area contributed by atoms with Crippen molar-refractivity contribution in [2.24, 2.45) is 0 Å². The maximum absolute atomic E-state index is 12.9. The van der Waals surface area contributed by atoms with Gasteiger partial charge in [-0.2, -0.15) is 0 Å². The number of phenols is 1. The second kappa shape index (κ2) is 8.14. The predicted octanol–water partition coefficient (Wildman–Crippen LogP) is 2.35. The van der Waals surface area contributed by atoms with Crippen molar-refractivity contribution in [2.45, 2.75) is 25.7 Å². The molecule has 2 saturated heterocycles. The molecule has 1 atom stereocenters. The van der Waals surface area contributed by atoms with Crippen LogP contribution in [0.5, 0.6) is 5.75 Å². The number of amides is 1. The molecule has 148 valence electrons. The minimum atomic E-state index is -0.123. The summed E-state index contributed by atoms with van der Waals surface area (Å²) in [5.41, 5.74) is 1.35. The molecular weight excluding hydrogens is 356 g/mol. The first-order chi connectivity index (χ1) is 13.6. The number of benzene rings is 1. The first kappa shape index (κ1) is 18.7. The average Bonchev–Trinajstić information content (AvgIpc) is 2.74. The van der Waals surface area contributed by atoms with E-state index in [9.17, 15) is 9.90 Å². The average molecular weight is 382 g/mol. The van der Waals surface area contributed by atoms with Crippen molar-refractivity contribution in [1.29, 1.82) is 0 Å². The Bertz CT molecular complexity index is 851.